The molecule has 3 aliphatic heterocycles. The minimum atomic E-state index is -0.455. The van der Waals surface area contributed by atoms with Gasteiger partial charge in [-0.1, -0.05) is 0 Å². The average Bonchev–Trinajstić information content (AvgIpc) is 3.22. The maximum Gasteiger partial charge on any atom is 0.269 e. The fourth-order valence-corrected chi connectivity index (χ4v) is 4.76. The van der Waals surface area contributed by atoms with Crippen LogP contribution in [-0.2, 0) is 4.74 Å². The highest BCUT2D eigenvalue weighted by molar-refractivity contribution is 5.97. The summed E-state index contributed by atoms with van der Waals surface area (Å²) in [7, 11) is 0. The molecule has 0 radical (unpaired) electrons. The van der Waals surface area contributed by atoms with E-state index in [9.17, 15) is 14.9 Å². The van der Waals surface area contributed by atoms with Crippen LogP contribution in [0.3, 0.4) is 0 Å². The Bertz CT molecular complexity index is 699. The van der Waals surface area contributed by atoms with E-state index in [0.29, 0.717) is 11.5 Å². The van der Waals surface area contributed by atoms with Crippen molar-refractivity contribution in [1.82, 2.24) is 4.90 Å². The minimum absolute atomic E-state index is 0.00117. The van der Waals surface area contributed by atoms with E-state index in [-0.39, 0.29) is 34.9 Å². The van der Waals surface area contributed by atoms with E-state index in [2.05, 4.69) is 20.8 Å². The Morgan fingerprint density at radius 1 is 1.30 bits per heavy atom. The summed E-state index contributed by atoms with van der Waals surface area (Å²) >= 11 is 0. The lowest BCUT2D eigenvalue weighted by molar-refractivity contribution is -0.384. The Hall–Kier alpha value is -1.95. The summed E-state index contributed by atoms with van der Waals surface area (Å²) in [6.45, 7) is 6.32. The first-order valence-corrected chi connectivity index (χ1v) is 8.02. The van der Waals surface area contributed by atoms with Crippen LogP contribution in [0.2, 0.25) is 0 Å². The molecule has 1 aromatic carbocycles. The minimum Gasteiger partial charge on any atom is -0.367 e. The van der Waals surface area contributed by atoms with Crippen molar-refractivity contribution in [2.45, 2.75) is 56.9 Å². The molecule has 3 saturated heterocycles. The Kier molecular flexibility index (Phi) is 2.75. The third-order valence-corrected chi connectivity index (χ3v) is 5.79. The first-order chi connectivity index (χ1) is 10.7. The van der Waals surface area contributed by atoms with Gasteiger partial charge in [0.2, 0.25) is 0 Å². The van der Waals surface area contributed by atoms with Crippen LogP contribution in [0.5, 0.6) is 0 Å². The zero-order valence-electron chi connectivity index (χ0n) is 13.5. The number of amides is 1. The molecule has 122 valence electrons. The molecule has 6 heteroatoms. The topological polar surface area (TPSA) is 72.5 Å². The molecule has 1 aliphatic carbocycles. The molecule has 2 bridgehead atoms. The van der Waals surface area contributed by atoms with Crippen LogP contribution < -0.4 is 0 Å². The summed E-state index contributed by atoms with van der Waals surface area (Å²) in [5.74, 6) is 0.311. The van der Waals surface area contributed by atoms with Gasteiger partial charge < -0.3 is 9.64 Å². The predicted octanol–water partition coefficient (Wildman–Crippen LogP) is 2.77. The second kappa shape index (κ2) is 4.32. The summed E-state index contributed by atoms with van der Waals surface area (Å²) in [6, 6.07) is 6.23. The number of carbonyl (C=O) groups is 1. The number of nitro benzene ring substituents is 1. The second-order valence-electron chi connectivity index (χ2n) is 7.62. The van der Waals surface area contributed by atoms with Crippen molar-refractivity contribution in [2.24, 2.45) is 5.92 Å². The van der Waals surface area contributed by atoms with Crippen LogP contribution in [0, 0.1) is 16.0 Å². The molecular weight excluding hydrogens is 296 g/mol. The van der Waals surface area contributed by atoms with Crippen molar-refractivity contribution in [3.8, 4) is 0 Å². The van der Waals surface area contributed by atoms with Crippen LogP contribution in [0.25, 0.3) is 0 Å². The molecule has 0 spiro atoms. The highest BCUT2D eigenvalue weighted by Gasteiger charge is 2.72. The van der Waals surface area contributed by atoms with Crippen molar-refractivity contribution in [3.05, 3.63) is 39.9 Å². The van der Waals surface area contributed by atoms with Gasteiger partial charge in [-0.05, 0) is 45.7 Å². The summed E-state index contributed by atoms with van der Waals surface area (Å²) in [5.41, 5.74) is 0.0185. The van der Waals surface area contributed by atoms with Crippen molar-refractivity contribution >= 4 is 11.6 Å². The first-order valence-electron chi connectivity index (χ1n) is 8.02. The highest BCUT2D eigenvalue weighted by Crippen LogP contribution is 2.60. The number of benzene rings is 1. The Balaban J connectivity index is 1.61. The van der Waals surface area contributed by atoms with Gasteiger partial charge in [0, 0.05) is 23.6 Å². The largest absolute Gasteiger partial charge is 0.367 e. The normalized spacial score (nSPS) is 36.5. The fraction of sp³-hybridized carbons (Fsp3) is 0.588. The fourth-order valence-electron chi connectivity index (χ4n) is 4.76. The van der Waals surface area contributed by atoms with Crippen LogP contribution in [0.4, 0.5) is 5.69 Å². The maximum absolute atomic E-state index is 12.8. The molecular formula is C17H20N2O4. The molecule has 0 aromatic heterocycles. The van der Waals surface area contributed by atoms with Crippen molar-refractivity contribution in [2.75, 3.05) is 0 Å². The van der Waals surface area contributed by atoms with Gasteiger partial charge in [-0.3, -0.25) is 14.9 Å². The predicted molar refractivity (Wildman–Crippen MR) is 83.1 cm³/mol. The molecule has 4 atom stereocenters. The number of hydrogen-bond acceptors (Lipinski definition) is 4. The van der Waals surface area contributed by atoms with Gasteiger partial charge in [0.15, 0.2) is 0 Å². The lowest BCUT2D eigenvalue weighted by Crippen LogP contribution is -2.58. The number of likely N-dealkylation sites (tertiary alicyclic amines) is 1. The number of non-ortho nitro benzene ring substituents is 1. The number of carbonyl (C=O) groups excluding carboxylic acids is 1. The van der Waals surface area contributed by atoms with E-state index in [4.69, 9.17) is 4.74 Å². The van der Waals surface area contributed by atoms with Gasteiger partial charge in [0.05, 0.1) is 28.2 Å². The first kappa shape index (κ1) is 14.6. The van der Waals surface area contributed by atoms with Gasteiger partial charge in [0.25, 0.3) is 11.6 Å². The van der Waals surface area contributed by atoms with Crippen molar-refractivity contribution < 1.29 is 14.5 Å². The van der Waals surface area contributed by atoms with E-state index < -0.39 is 4.92 Å². The lowest BCUT2D eigenvalue weighted by atomic mass is 9.69. The number of fused-ring (bicyclic) bond motifs is 2. The molecule has 4 fully saturated rings. The van der Waals surface area contributed by atoms with E-state index in [1.54, 1.807) is 12.1 Å². The van der Waals surface area contributed by atoms with Gasteiger partial charge in [-0.2, -0.15) is 0 Å². The molecule has 3 heterocycles. The van der Waals surface area contributed by atoms with Gasteiger partial charge in [-0.25, -0.2) is 0 Å². The standard InChI is InChI=1S/C17H20N2O4/c1-16(2)12-8-9-17(3,23-16)14-13(12)18(14)15(20)10-4-6-11(7-5-10)19(21)22/h4-7,12-14H,8-9H2,1-3H3/t12-,13+,14-,17+,18?/m0/s1. The number of hydrogen-bond donors (Lipinski definition) is 0. The summed E-state index contributed by atoms with van der Waals surface area (Å²) < 4.78 is 6.30. The van der Waals surface area contributed by atoms with Crippen molar-refractivity contribution in [3.63, 3.8) is 0 Å². The summed E-state index contributed by atoms with van der Waals surface area (Å²) in [6.07, 6.45) is 2.06. The van der Waals surface area contributed by atoms with Gasteiger partial charge >= 0.3 is 0 Å². The Labute approximate surface area is 134 Å². The molecule has 0 unspecified atom stereocenters. The quantitative estimate of drug-likeness (QED) is 0.478. The molecule has 5 rings (SSSR count). The number of nitrogens with zero attached hydrogens (tertiary/aromatic N) is 2. The van der Waals surface area contributed by atoms with Gasteiger partial charge in [-0.15, -0.1) is 0 Å². The van der Waals surface area contributed by atoms with Crippen LogP contribution in [-0.4, -0.2) is 39.0 Å². The van der Waals surface area contributed by atoms with Gasteiger partial charge in [0.1, 0.15) is 0 Å². The van der Waals surface area contributed by atoms with E-state index in [1.165, 1.54) is 12.1 Å². The third-order valence-electron chi connectivity index (χ3n) is 5.79. The Morgan fingerprint density at radius 2 is 1.96 bits per heavy atom. The average molecular weight is 316 g/mol. The molecule has 4 aliphatic rings. The molecule has 0 N–H and O–H groups in total. The van der Waals surface area contributed by atoms with E-state index in [0.717, 1.165) is 12.8 Å². The van der Waals surface area contributed by atoms with E-state index in [1.807, 2.05) is 4.90 Å². The van der Waals surface area contributed by atoms with Crippen molar-refractivity contribution in [1.29, 1.82) is 0 Å². The molecule has 1 aromatic rings. The number of ether oxygens (including phenoxy) is 1. The maximum atomic E-state index is 12.8. The lowest BCUT2D eigenvalue weighted by Gasteiger charge is -2.51. The van der Waals surface area contributed by atoms with Crippen LogP contribution >= 0.6 is 0 Å². The molecule has 6 nitrogen and oxygen atoms in total. The Morgan fingerprint density at radius 3 is 2.52 bits per heavy atom. The smallest absolute Gasteiger partial charge is 0.269 e. The second-order valence-corrected chi connectivity index (χ2v) is 7.62. The summed E-state index contributed by atoms with van der Waals surface area (Å²) in [4.78, 5) is 25.0. The van der Waals surface area contributed by atoms with E-state index >= 15 is 0 Å². The zero-order chi connectivity index (χ0) is 16.6. The molecule has 23 heavy (non-hydrogen) atoms. The highest BCUT2D eigenvalue weighted by atomic mass is 16.6. The SMILES string of the molecule is CC1(C)O[C@]2(C)CC[C@H]1[C@@H]1[C@@H]2N1C(=O)c1ccc([N+](=O)[O-])cc1. The molecule has 1 amide bonds. The summed E-state index contributed by atoms with van der Waals surface area (Å²) in [5, 5.41) is 10.7. The monoisotopic (exact) mass is 316 g/mol. The molecule has 1 saturated carbocycles. The third kappa shape index (κ3) is 1.94. The number of rotatable bonds is 2. The zero-order valence-corrected chi connectivity index (χ0v) is 13.5. The van der Waals surface area contributed by atoms with Crippen LogP contribution in [0.1, 0.15) is 44.0 Å². The van der Waals surface area contributed by atoms with Crippen LogP contribution in [0.15, 0.2) is 24.3 Å². The number of nitro groups is 1.